The number of amides is 1. The van der Waals surface area contributed by atoms with E-state index in [-0.39, 0.29) is 17.9 Å². The van der Waals surface area contributed by atoms with Crippen molar-refractivity contribution in [1.82, 2.24) is 10.2 Å². The number of nitrogens with one attached hydrogen (secondary N) is 1. The number of hydrogen-bond acceptors (Lipinski definition) is 4. The van der Waals surface area contributed by atoms with E-state index in [9.17, 15) is 4.79 Å². The van der Waals surface area contributed by atoms with Crippen LogP contribution in [0.15, 0.2) is 24.3 Å². The Morgan fingerprint density at radius 3 is 3.22 bits per heavy atom. The Hall–Kier alpha value is -1.14. The van der Waals surface area contributed by atoms with Gasteiger partial charge < -0.3 is 14.8 Å². The molecule has 3 rings (SSSR count). The highest BCUT2D eigenvalue weighted by molar-refractivity contribution is 6.30. The van der Waals surface area contributed by atoms with Crippen molar-refractivity contribution in [3.05, 3.63) is 34.9 Å². The van der Waals surface area contributed by atoms with Crippen LogP contribution < -0.4 is 5.32 Å². The zero-order valence-corrected chi connectivity index (χ0v) is 14.1. The fourth-order valence-electron chi connectivity index (χ4n) is 3.66. The van der Waals surface area contributed by atoms with E-state index in [1.54, 1.807) is 0 Å². The Balaban J connectivity index is 1.61. The van der Waals surface area contributed by atoms with E-state index in [2.05, 4.69) is 16.3 Å². The van der Waals surface area contributed by atoms with Crippen LogP contribution >= 0.6 is 11.6 Å². The minimum absolute atomic E-state index is 0.0158. The number of benzene rings is 1. The number of ether oxygens (including phenoxy) is 2. The highest BCUT2D eigenvalue weighted by Crippen LogP contribution is 2.41. The van der Waals surface area contributed by atoms with Crippen LogP contribution in [0.3, 0.4) is 0 Å². The molecule has 6 heteroatoms. The molecule has 1 N–H and O–H groups in total. The maximum atomic E-state index is 11.7. The minimum atomic E-state index is -0.0687. The molecule has 1 aromatic carbocycles. The number of fused-ring (bicyclic) bond motifs is 1. The first-order chi connectivity index (χ1) is 11.1. The number of methoxy groups -OCH3 is 1. The maximum absolute atomic E-state index is 11.7. The monoisotopic (exact) mass is 338 g/mol. The molecular formula is C17H23ClN2O3. The molecule has 1 amide bonds. The molecular weight excluding hydrogens is 316 g/mol. The quantitative estimate of drug-likeness (QED) is 0.855. The van der Waals surface area contributed by atoms with Crippen LogP contribution in [0.2, 0.25) is 5.02 Å². The van der Waals surface area contributed by atoms with Gasteiger partial charge in [-0.3, -0.25) is 9.69 Å². The van der Waals surface area contributed by atoms with Gasteiger partial charge in [0.15, 0.2) is 0 Å². The van der Waals surface area contributed by atoms with E-state index in [4.69, 9.17) is 21.1 Å². The van der Waals surface area contributed by atoms with Crippen molar-refractivity contribution in [3.8, 4) is 0 Å². The van der Waals surface area contributed by atoms with E-state index in [0.29, 0.717) is 19.1 Å². The number of nitrogens with zero attached hydrogens (tertiary/aromatic N) is 1. The summed E-state index contributed by atoms with van der Waals surface area (Å²) in [7, 11) is 1.53. The fraction of sp³-hybridized carbons (Fsp3) is 0.588. The third kappa shape index (κ3) is 3.86. The number of carbonyl (C=O) groups excluding carboxylic acids is 1. The molecule has 0 spiro atoms. The molecule has 126 valence electrons. The van der Waals surface area contributed by atoms with E-state index < -0.39 is 0 Å². The average Bonchev–Trinajstić information content (AvgIpc) is 3.02. The summed E-state index contributed by atoms with van der Waals surface area (Å²) >= 11 is 6.07. The summed E-state index contributed by atoms with van der Waals surface area (Å²) in [6.07, 6.45) is 0. The van der Waals surface area contributed by atoms with E-state index in [0.717, 1.165) is 31.3 Å². The summed E-state index contributed by atoms with van der Waals surface area (Å²) in [5, 5.41) is 3.76. The lowest BCUT2D eigenvalue weighted by Gasteiger charge is -2.27. The van der Waals surface area contributed by atoms with Gasteiger partial charge in [-0.05, 0) is 17.7 Å². The summed E-state index contributed by atoms with van der Waals surface area (Å²) in [6, 6.07) is 7.99. The highest BCUT2D eigenvalue weighted by atomic mass is 35.5. The van der Waals surface area contributed by atoms with Gasteiger partial charge in [0.1, 0.15) is 6.61 Å². The van der Waals surface area contributed by atoms with Gasteiger partial charge in [0.25, 0.3) is 0 Å². The molecule has 0 aliphatic carbocycles. The second kappa shape index (κ2) is 7.18. The van der Waals surface area contributed by atoms with Crippen molar-refractivity contribution >= 4 is 17.5 Å². The number of carbonyl (C=O) groups is 1. The lowest BCUT2D eigenvalue weighted by atomic mass is 9.81. The molecule has 0 radical (unpaired) electrons. The zero-order valence-electron chi connectivity index (χ0n) is 13.4. The van der Waals surface area contributed by atoms with Gasteiger partial charge in [0.2, 0.25) is 5.91 Å². The molecule has 2 heterocycles. The number of hydrogen-bond donors (Lipinski definition) is 1. The Morgan fingerprint density at radius 2 is 2.43 bits per heavy atom. The lowest BCUT2D eigenvalue weighted by Crippen LogP contribution is -2.44. The van der Waals surface area contributed by atoms with Crippen LogP contribution in [0.25, 0.3) is 0 Å². The molecule has 2 aliphatic rings. The first-order valence-electron chi connectivity index (χ1n) is 7.91. The van der Waals surface area contributed by atoms with Crippen molar-refractivity contribution < 1.29 is 14.3 Å². The topological polar surface area (TPSA) is 50.8 Å². The third-order valence-electron chi connectivity index (χ3n) is 4.80. The van der Waals surface area contributed by atoms with Crippen LogP contribution in [0.5, 0.6) is 0 Å². The smallest absolute Gasteiger partial charge is 0.246 e. The molecule has 0 unspecified atom stereocenters. The second-order valence-electron chi connectivity index (χ2n) is 6.58. The fourth-order valence-corrected chi connectivity index (χ4v) is 3.88. The summed E-state index contributed by atoms with van der Waals surface area (Å²) < 4.78 is 10.6. The van der Waals surface area contributed by atoms with E-state index in [1.165, 1.54) is 12.7 Å². The summed E-state index contributed by atoms with van der Waals surface area (Å²) in [5.74, 6) is 0.394. The average molecular weight is 339 g/mol. The first kappa shape index (κ1) is 16.7. The molecule has 23 heavy (non-hydrogen) atoms. The number of rotatable bonds is 6. The SMILES string of the molecule is COCC(=O)NC[C@]12COC[C@H]1CN(Cc1cccc(Cl)c1)C2. The molecule has 0 bridgehead atoms. The van der Waals surface area contributed by atoms with E-state index >= 15 is 0 Å². The van der Waals surface area contributed by atoms with Crippen LogP contribution in [0.1, 0.15) is 5.56 Å². The Morgan fingerprint density at radius 1 is 1.57 bits per heavy atom. The van der Waals surface area contributed by atoms with Gasteiger partial charge in [-0.15, -0.1) is 0 Å². The lowest BCUT2D eigenvalue weighted by molar-refractivity contribution is -0.125. The van der Waals surface area contributed by atoms with E-state index in [1.807, 2.05) is 18.2 Å². The van der Waals surface area contributed by atoms with Crippen molar-refractivity contribution in [2.24, 2.45) is 11.3 Å². The van der Waals surface area contributed by atoms with Crippen molar-refractivity contribution in [3.63, 3.8) is 0 Å². The van der Waals surface area contributed by atoms with Gasteiger partial charge in [-0.2, -0.15) is 0 Å². The van der Waals surface area contributed by atoms with Crippen LogP contribution in [0.4, 0.5) is 0 Å². The molecule has 2 saturated heterocycles. The molecule has 2 atom stereocenters. The Kier molecular flexibility index (Phi) is 5.21. The standard InChI is InChI=1S/C17H23ClN2O3/c1-22-9-16(21)19-10-17-11-20(7-14(17)8-23-12-17)6-13-3-2-4-15(18)5-13/h2-5,14H,6-12H2,1H3,(H,19,21)/t14-,17+/m1/s1. The van der Waals surface area contributed by atoms with Gasteiger partial charge in [0, 0.05) is 49.6 Å². The third-order valence-corrected chi connectivity index (χ3v) is 5.04. The Labute approximate surface area is 141 Å². The minimum Gasteiger partial charge on any atom is -0.380 e. The van der Waals surface area contributed by atoms with Crippen molar-refractivity contribution in [2.75, 3.05) is 46.6 Å². The largest absolute Gasteiger partial charge is 0.380 e. The van der Waals surface area contributed by atoms with Gasteiger partial charge in [-0.1, -0.05) is 23.7 Å². The van der Waals surface area contributed by atoms with Gasteiger partial charge in [-0.25, -0.2) is 0 Å². The molecule has 0 saturated carbocycles. The van der Waals surface area contributed by atoms with Gasteiger partial charge >= 0.3 is 0 Å². The molecule has 5 nitrogen and oxygen atoms in total. The van der Waals surface area contributed by atoms with Crippen LogP contribution in [0, 0.1) is 11.3 Å². The predicted octanol–water partition coefficient (Wildman–Crippen LogP) is 1.55. The second-order valence-corrected chi connectivity index (χ2v) is 7.02. The predicted molar refractivity (Wildman–Crippen MR) is 88.4 cm³/mol. The van der Waals surface area contributed by atoms with Crippen LogP contribution in [-0.4, -0.2) is 57.4 Å². The van der Waals surface area contributed by atoms with Crippen molar-refractivity contribution in [2.45, 2.75) is 6.54 Å². The molecule has 0 aromatic heterocycles. The zero-order chi connectivity index (χ0) is 16.3. The molecule has 2 aliphatic heterocycles. The summed E-state index contributed by atoms with van der Waals surface area (Å²) in [5.41, 5.74) is 1.24. The summed E-state index contributed by atoms with van der Waals surface area (Å²) in [4.78, 5) is 14.1. The van der Waals surface area contributed by atoms with Crippen LogP contribution in [-0.2, 0) is 20.8 Å². The number of halogens is 1. The van der Waals surface area contributed by atoms with Gasteiger partial charge in [0.05, 0.1) is 13.2 Å². The van der Waals surface area contributed by atoms with Crippen molar-refractivity contribution in [1.29, 1.82) is 0 Å². The maximum Gasteiger partial charge on any atom is 0.246 e. The molecule has 1 aromatic rings. The highest BCUT2D eigenvalue weighted by Gasteiger charge is 2.50. The number of likely N-dealkylation sites (tertiary alicyclic amines) is 1. The normalized spacial score (nSPS) is 27.1. The summed E-state index contributed by atoms with van der Waals surface area (Å²) in [6.45, 7) is 5.03. The molecule has 2 fully saturated rings. The Bertz CT molecular complexity index is 569. The first-order valence-corrected chi connectivity index (χ1v) is 8.29.